The highest BCUT2D eigenvalue weighted by Gasteiger charge is 2.57. The van der Waals surface area contributed by atoms with Gasteiger partial charge in [0.15, 0.2) is 17.4 Å². The first-order valence-electron chi connectivity index (χ1n) is 13.6. The van der Waals surface area contributed by atoms with Gasteiger partial charge in [-0.25, -0.2) is 18.2 Å². The molecule has 226 valence electrons. The minimum atomic E-state index is -1.57. The second kappa shape index (κ2) is 12.6. The molecule has 4 aromatic rings. The van der Waals surface area contributed by atoms with Gasteiger partial charge in [0.1, 0.15) is 28.9 Å². The van der Waals surface area contributed by atoms with Gasteiger partial charge < -0.3 is 20.5 Å². The van der Waals surface area contributed by atoms with E-state index in [1.54, 1.807) is 6.92 Å². The Kier molecular flexibility index (Phi) is 8.63. The molecule has 9 nitrogen and oxygen atoms in total. The van der Waals surface area contributed by atoms with Gasteiger partial charge in [-0.05, 0) is 55.7 Å². The second-order valence-corrected chi connectivity index (χ2v) is 10.2. The summed E-state index contributed by atoms with van der Waals surface area (Å²) in [6, 6.07) is 17.9. The Hall–Kier alpha value is -5.23. The van der Waals surface area contributed by atoms with Crippen LogP contribution in [-0.2, 0) is 25.7 Å². The van der Waals surface area contributed by atoms with Crippen molar-refractivity contribution in [1.82, 2.24) is 4.98 Å². The fraction of sp³-hybridized carbons (Fsp3) is 0.188. The van der Waals surface area contributed by atoms with Gasteiger partial charge in [0.05, 0.1) is 12.3 Å². The summed E-state index contributed by atoms with van der Waals surface area (Å²) < 4.78 is 55.6. The minimum Gasteiger partial charge on any atom is -0.454 e. The largest absolute Gasteiger partial charge is 0.454 e. The van der Waals surface area contributed by atoms with E-state index in [0.29, 0.717) is 0 Å². The maximum atomic E-state index is 15.5. The molecule has 1 aliphatic rings. The highest BCUT2D eigenvalue weighted by molar-refractivity contribution is 6.16. The summed E-state index contributed by atoms with van der Waals surface area (Å²) >= 11 is 0. The molecule has 1 aliphatic carbocycles. The smallest absolute Gasteiger partial charge is 0.254 e. The number of carbonyl (C=O) groups is 3. The number of rotatable bonds is 11. The van der Waals surface area contributed by atoms with Crippen LogP contribution in [0.3, 0.4) is 0 Å². The zero-order chi connectivity index (χ0) is 31.4. The van der Waals surface area contributed by atoms with E-state index < -0.39 is 58.1 Å². The first kappa shape index (κ1) is 30.2. The van der Waals surface area contributed by atoms with Gasteiger partial charge in [-0.3, -0.25) is 19.3 Å². The molecule has 0 bridgehead atoms. The number of nitrogens with zero attached hydrogens (tertiary/aromatic N) is 2. The highest BCUT2D eigenvalue weighted by atomic mass is 19.1. The molecule has 44 heavy (non-hydrogen) atoms. The molecule has 1 aromatic heterocycles. The molecular formula is C32H27F3N4O5. The van der Waals surface area contributed by atoms with Gasteiger partial charge in [0.25, 0.3) is 5.91 Å². The molecule has 0 aliphatic heterocycles. The molecule has 12 heteroatoms. The Balaban J connectivity index is 1.34. The number of nitrogens with two attached hydrogens (primary N) is 1. The predicted molar refractivity (Wildman–Crippen MR) is 154 cm³/mol. The van der Waals surface area contributed by atoms with E-state index in [2.05, 4.69) is 10.3 Å². The third-order valence-electron chi connectivity index (χ3n) is 7.08. The topological polar surface area (TPSA) is 124 Å². The molecule has 3 N–H and O–H groups in total. The van der Waals surface area contributed by atoms with Crippen LogP contribution in [0.15, 0.2) is 85.1 Å². The Bertz CT molecular complexity index is 1700. The van der Waals surface area contributed by atoms with Crippen LogP contribution in [0, 0.1) is 22.9 Å². The van der Waals surface area contributed by atoms with Crippen molar-refractivity contribution in [1.29, 1.82) is 0 Å². The standard InChI is InChI=1S/C32H27F3N4O5/c1-19(43-18-20-5-3-2-4-6-20)29(40)38-28-15-23(11-14-37-28)44-27-17-24(34)26(16-25(27)35)39(22-9-7-21(33)8-10-22)31(42)32(12-13-32)30(36)41/h2-11,14-17,19H,12-13,18H2,1H3,(H2,36,41)(H,37,38,40). The molecule has 1 atom stereocenters. The van der Waals surface area contributed by atoms with Crippen LogP contribution in [0.25, 0.3) is 0 Å². The molecule has 0 spiro atoms. The van der Waals surface area contributed by atoms with E-state index >= 15 is 8.78 Å². The molecule has 1 heterocycles. The van der Waals surface area contributed by atoms with Crippen molar-refractivity contribution in [3.8, 4) is 11.5 Å². The maximum absolute atomic E-state index is 15.5. The summed E-state index contributed by atoms with van der Waals surface area (Å²) in [6.07, 6.45) is 0.764. The molecule has 0 saturated heterocycles. The number of halogens is 3. The first-order chi connectivity index (χ1) is 21.1. The maximum Gasteiger partial charge on any atom is 0.254 e. The van der Waals surface area contributed by atoms with Gasteiger partial charge in [-0.15, -0.1) is 0 Å². The van der Waals surface area contributed by atoms with Gasteiger partial charge >= 0.3 is 0 Å². The zero-order valence-corrected chi connectivity index (χ0v) is 23.4. The number of benzene rings is 3. The molecule has 3 amide bonds. The van der Waals surface area contributed by atoms with E-state index in [9.17, 15) is 18.8 Å². The van der Waals surface area contributed by atoms with Gasteiger partial charge in [0.2, 0.25) is 11.8 Å². The lowest BCUT2D eigenvalue weighted by molar-refractivity contribution is -0.133. The zero-order valence-electron chi connectivity index (χ0n) is 23.4. The summed E-state index contributed by atoms with van der Waals surface area (Å²) in [4.78, 5) is 43.0. The molecule has 1 fully saturated rings. The van der Waals surface area contributed by atoms with Crippen molar-refractivity contribution in [3.05, 3.63) is 108 Å². The van der Waals surface area contributed by atoms with Crippen LogP contribution in [0.5, 0.6) is 11.5 Å². The summed E-state index contributed by atoms with van der Waals surface area (Å²) in [5.41, 5.74) is 4.26. The number of ether oxygens (including phenoxy) is 2. The number of anilines is 3. The first-order valence-corrected chi connectivity index (χ1v) is 13.6. The van der Waals surface area contributed by atoms with Crippen molar-refractivity contribution < 1.29 is 37.0 Å². The average Bonchev–Trinajstić information content (AvgIpc) is 3.83. The van der Waals surface area contributed by atoms with Gasteiger partial charge in [-0.2, -0.15) is 0 Å². The molecule has 3 aromatic carbocycles. The van der Waals surface area contributed by atoms with Gasteiger partial charge in [-0.1, -0.05) is 30.3 Å². The Morgan fingerprint density at radius 3 is 2.34 bits per heavy atom. The van der Waals surface area contributed by atoms with Crippen LogP contribution < -0.4 is 20.7 Å². The molecule has 5 rings (SSSR count). The quantitative estimate of drug-likeness (QED) is 0.210. The van der Waals surface area contributed by atoms with Crippen LogP contribution in [-0.4, -0.2) is 28.8 Å². The molecular weight excluding hydrogens is 577 g/mol. The monoisotopic (exact) mass is 604 g/mol. The third-order valence-corrected chi connectivity index (χ3v) is 7.08. The number of hydrogen-bond acceptors (Lipinski definition) is 6. The van der Waals surface area contributed by atoms with Crippen LogP contribution in [0.1, 0.15) is 25.3 Å². The van der Waals surface area contributed by atoms with E-state index in [0.717, 1.165) is 34.7 Å². The van der Waals surface area contributed by atoms with Gasteiger partial charge in [0, 0.05) is 30.1 Å². The summed E-state index contributed by atoms with van der Waals surface area (Å²) in [6.45, 7) is 1.80. The Morgan fingerprint density at radius 2 is 1.68 bits per heavy atom. The summed E-state index contributed by atoms with van der Waals surface area (Å²) in [5, 5.41) is 2.59. The fourth-order valence-electron chi connectivity index (χ4n) is 4.40. The lowest BCUT2D eigenvalue weighted by Crippen LogP contribution is -2.41. The molecule has 0 radical (unpaired) electrons. The van der Waals surface area contributed by atoms with Crippen LogP contribution in [0.2, 0.25) is 0 Å². The Labute approximate surface area is 250 Å². The normalized spacial score (nSPS) is 13.9. The average molecular weight is 605 g/mol. The van der Waals surface area contributed by atoms with Crippen molar-refractivity contribution in [2.45, 2.75) is 32.5 Å². The van der Waals surface area contributed by atoms with Crippen molar-refractivity contribution in [2.75, 3.05) is 10.2 Å². The lowest BCUT2D eigenvalue weighted by Gasteiger charge is -2.27. The number of nitrogens with one attached hydrogen (secondary N) is 1. The van der Waals surface area contributed by atoms with Crippen molar-refractivity contribution in [3.63, 3.8) is 0 Å². The van der Waals surface area contributed by atoms with Crippen molar-refractivity contribution in [2.24, 2.45) is 11.1 Å². The third kappa shape index (κ3) is 6.55. The second-order valence-electron chi connectivity index (χ2n) is 10.2. The van der Waals surface area contributed by atoms with Crippen molar-refractivity contribution >= 4 is 34.9 Å². The SMILES string of the molecule is CC(OCc1ccccc1)C(=O)Nc1cc(Oc2cc(F)c(N(C(=O)C3(C(N)=O)CC3)c3ccc(F)cc3)cc2F)ccn1. The number of carbonyl (C=O) groups excluding carboxylic acids is 3. The van der Waals surface area contributed by atoms with Crippen LogP contribution in [0.4, 0.5) is 30.4 Å². The van der Waals surface area contributed by atoms with E-state index in [-0.39, 0.29) is 36.7 Å². The number of hydrogen-bond donors (Lipinski definition) is 2. The molecule has 1 unspecified atom stereocenters. The number of pyridine rings is 1. The van der Waals surface area contributed by atoms with Crippen LogP contribution >= 0.6 is 0 Å². The predicted octanol–water partition coefficient (Wildman–Crippen LogP) is 5.77. The summed E-state index contributed by atoms with van der Waals surface area (Å²) in [7, 11) is 0. The fourth-order valence-corrected chi connectivity index (χ4v) is 4.40. The highest BCUT2D eigenvalue weighted by Crippen LogP contribution is 2.49. The Morgan fingerprint density at radius 1 is 0.977 bits per heavy atom. The van der Waals surface area contributed by atoms with E-state index in [1.165, 1.54) is 30.5 Å². The van der Waals surface area contributed by atoms with E-state index in [1.807, 2.05) is 30.3 Å². The molecule has 1 saturated carbocycles. The lowest BCUT2D eigenvalue weighted by atomic mass is 10.0. The number of primary amides is 1. The minimum absolute atomic E-state index is 0.00684. The van der Waals surface area contributed by atoms with E-state index in [4.69, 9.17) is 15.2 Å². The number of aromatic nitrogens is 1. The number of amides is 3. The summed E-state index contributed by atoms with van der Waals surface area (Å²) in [5.74, 6) is -5.39.